The first-order valence-electron chi connectivity index (χ1n) is 5.78. The molecule has 18 heavy (non-hydrogen) atoms. The zero-order valence-corrected chi connectivity index (χ0v) is 10.1. The fraction of sp³-hybridized carbons (Fsp3) is 0.385. The minimum Gasteiger partial charge on any atom is -0.340 e. The maximum absolute atomic E-state index is 10.8. The third-order valence-electron chi connectivity index (χ3n) is 3.18. The molecule has 1 aromatic carbocycles. The molecule has 0 N–H and O–H groups in total. The third kappa shape index (κ3) is 1.72. The van der Waals surface area contributed by atoms with Crippen LogP contribution in [-0.2, 0) is 9.47 Å². The van der Waals surface area contributed by atoms with E-state index in [2.05, 4.69) is 0 Å². The SMILES string of the molecule is CC1(C)O[C@H]2C=Cc3ccc([N+](=O)[O-])cc3[C@H]2O1. The standard InChI is InChI=1S/C13H13NO4/c1-13(2)17-11-6-4-8-3-5-9(14(15)16)7-10(8)12(11)18-13/h3-7,11-12H,1-2H3/t11-,12+/m0/s1. The Kier molecular flexibility index (Phi) is 2.30. The predicted octanol–water partition coefficient (Wildman–Crippen LogP) is 2.81. The van der Waals surface area contributed by atoms with Crippen LogP contribution in [0, 0.1) is 10.1 Å². The summed E-state index contributed by atoms with van der Waals surface area (Å²) in [5.74, 6) is -0.661. The molecule has 0 unspecified atom stereocenters. The van der Waals surface area contributed by atoms with Gasteiger partial charge < -0.3 is 9.47 Å². The minimum absolute atomic E-state index is 0.0797. The summed E-state index contributed by atoms with van der Waals surface area (Å²) in [4.78, 5) is 10.4. The summed E-state index contributed by atoms with van der Waals surface area (Å²) in [5, 5.41) is 10.8. The molecular formula is C13H13NO4. The molecule has 0 radical (unpaired) electrons. The van der Waals surface area contributed by atoms with Crippen molar-refractivity contribution in [1.82, 2.24) is 0 Å². The summed E-state index contributed by atoms with van der Waals surface area (Å²) in [7, 11) is 0. The van der Waals surface area contributed by atoms with Gasteiger partial charge in [0.1, 0.15) is 12.2 Å². The van der Waals surface area contributed by atoms with Gasteiger partial charge in [-0.15, -0.1) is 0 Å². The van der Waals surface area contributed by atoms with E-state index in [0.29, 0.717) is 0 Å². The summed E-state index contributed by atoms with van der Waals surface area (Å²) >= 11 is 0. The van der Waals surface area contributed by atoms with Crippen molar-refractivity contribution in [2.75, 3.05) is 0 Å². The van der Waals surface area contributed by atoms with Crippen molar-refractivity contribution < 1.29 is 14.4 Å². The topological polar surface area (TPSA) is 61.6 Å². The fourth-order valence-electron chi connectivity index (χ4n) is 2.44. The second-order valence-electron chi connectivity index (χ2n) is 4.95. The van der Waals surface area contributed by atoms with Gasteiger partial charge in [-0.1, -0.05) is 12.2 Å². The molecule has 5 nitrogen and oxygen atoms in total. The maximum atomic E-state index is 10.8. The van der Waals surface area contributed by atoms with Gasteiger partial charge in [0.2, 0.25) is 0 Å². The number of hydrogen-bond donors (Lipinski definition) is 0. The molecule has 2 aliphatic rings. The Morgan fingerprint density at radius 3 is 2.83 bits per heavy atom. The van der Waals surface area contributed by atoms with Crippen LogP contribution in [0.25, 0.3) is 6.08 Å². The van der Waals surface area contributed by atoms with Crippen molar-refractivity contribution in [2.45, 2.75) is 31.8 Å². The highest BCUT2D eigenvalue weighted by Crippen LogP contribution is 2.43. The van der Waals surface area contributed by atoms with E-state index in [1.807, 2.05) is 26.0 Å². The smallest absolute Gasteiger partial charge is 0.269 e. The molecule has 5 heteroatoms. The number of non-ortho nitro benzene ring substituents is 1. The Balaban J connectivity index is 2.06. The summed E-state index contributed by atoms with van der Waals surface area (Å²) in [6.45, 7) is 3.69. The molecule has 1 aliphatic heterocycles. The monoisotopic (exact) mass is 247 g/mol. The third-order valence-corrected chi connectivity index (χ3v) is 3.18. The van der Waals surface area contributed by atoms with Crippen molar-refractivity contribution >= 4 is 11.8 Å². The van der Waals surface area contributed by atoms with Gasteiger partial charge in [-0.2, -0.15) is 0 Å². The lowest BCUT2D eigenvalue weighted by molar-refractivity contribution is -0.385. The summed E-state index contributed by atoms with van der Waals surface area (Å²) in [6.07, 6.45) is 3.42. The van der Waals surface area contributed by atoms with E-state index in [0.717, 1.165) is 11.1 Å². The second-order valence-corrected chi connectivity index (χ2v) is 4.95. The van der Waals surface area contributed by atoms with E-state index in [-0.39, 0.29) is 17.9 Å². The molecule has 1 heterocycles. The lowest BCUT2D eigenvalue weighted by Crippen LogP contribution is -2.20. The van der Waals surface area contributed by atoms with Crippen molar-refractivity contribution in [3.05, 3.63) is 45.5 Å². The molecule has 1 aliphatic carbocycles. The molecule has 0 amide bonds. The Hall–Kier alpha value is -1.72. The van der Waals surface area contributed by atoms with Crippen molar-refractivity contribution in [2.24, 2.45) is 0 Å². The highest BCUT2D eigenvalue weighted by Gasteiger charge is 2.43. The van der Waals surface area contributed by atoms with E-state index in [1.54, 1.807) is 12.1 Å². The van der Waals surface area contributed by atoms with Gasteiger partial charge in [-0.05, 0) is 31.0 Å². The molecule has 94 valence electrons. The Morgan fingerprint density at radius 2 is 2.11 bits per heavy atom. The first kappa shape index (κ1) is 11.4. The van der Waals surface area contributed by atoms with Crippen LogP contribution in [0.5, 0.6) is 0 Å². The van der Waals surface area contributed by atoms with E-state index >= 15 is 0 Å². The van der Waals surface area contributed by atoms with E-state index in [4.69, 9.17) is 9.47 Å². The minimum atomic E-state index is -0.661. The van der Waals surface area contributed by atoms with Crippen LogP contribution in [0.3, 0.4) is 0 Å². The van der Waals surface area contributed by atoms with Gasteiger partial charge in [0.15, 0.2) is 5.79 Å². The van der Waals surface area contributed by atoms with Crippen molar-refractivity contribution in [3.8, 4) is 0 Å². The lowest BCUT2D eigenvalue weighted by atomic mass is 9.92. The number of nitro groups is 1. The van der Waals surface area contributed by atoms with Crippen molar-refractivity contribution in [1.29, 1.82) is 0 Å². The Labute approximate surface area is 104 Å². The quantitative estimate of drug-likeness (QED) is 0.565. The molecule has 1 aromatic rings. The van der Waals surface area contributed by atoms with E-state index in [1.165, 1.54) is 6.07 Å². The van der Waals surface area contributed by atoms with Gasteiger partial charge in [0.25, 0.3) is 5.69 Å². The van der Waals surface area contributed by atoms with Gasteiger partial charge >= 0.3 is 0 Å². The highest BCUT2D eigenvalue weighted by atomic mass is 16.7. The molecule has 1 fully saturated rings. The lowest BCUT2D eigenvalue weighted by Gasteiger charge is -2.20. The van der Waals surface area contributed by atoms with Gasteiger partial charge in [-0.25, -0.2) is 0 Å². The largest absolute Gasteiger partial charge is 0.340 e. The first-order chi connectivity index (χ1) is 8.46. The summed E-state index contributed by atoms with van der Waals surface area (Å²) in [6, 6.07) is 4.82. The van der Waals surface area contributed by atoms with Gasteiger partial charge in [0, 0.05) is 12.1 Å². The number of rotatable bonds is 1. The number of nitrogens with zero attached hydrogens (tertiary/aromatic N) is 1. The van der Waals surface area contributed by atoms with Crippen LogP contribution >= 0.6 is 0 Å². The van der Waals surface area contributed by atoms with Crippen LogP contribution in [0.15, 0.2) is 24.3 Å². The van der Waals surface area contributed by atoms with Gasteiger partial charge in [-0.3, -0.25) is 10.1 Å². The summed E-state index contributed by atoms with van der Waals surface area (Å²) in [5.41, 5.74) is 1.85. The molecule has 0 spiro atoms. The number of hydrogen-bond acceptors (Lipinski definition) is 4. The van der Waals surface area contributed by atoms with Crippen LogP contribution in [0.4, 0.5) is 5.69 Å². The Morgan fingerprint density at radius 1 is 1.33 bits per heavy atom. The zero-order chi connectivity index (χ0) is 12.9. The number of benzene rings is 1. The molecule has 2 atom stereocenters. The normalized spacial score (nSPS) is 27.7. The number of ether oxygens (including phenoxy) is 2. The average molecular weight is 247 g/mol. The van der Waals surface area contributed by atoms with E-state index < -0.39 is 10.7 Å². The molecule has 1 saturated heterocycles. The van der Waals surface area contributed by atoms with E-state index in [9.17, 15) is 10.1 Å². The number of fused-ring (bicyclic) bond motifs is 3. The van der Waals surface area contributed by atoms with Crippen LogP contribution in [-0.4, -0.2) is 16.8 Å². The first-order valence-corrected chi connectivity index (χ1v) is 5.78. The second kappa shape index (κ2) is 3.63. The molecular weight excluding hydrogens is 234 g/mol. The fourth-order valence-corrected chi connectivity index (χ4v) is 2.44. The molecule has 3 rings (SSSR count). The predicted molar refractivity (Wildman–Crippen MR) is 64.9 cm³/mol. The highest BCUT2D eigenvalue weighted by molar-refractivity contribution is 5.61. The van der Waals surface area contributed by atoms with Crippen LogP contribution in [0.1, 0.15) is 31.1 Å². The molecule has 0 saturated carbocycles. The van der Waals surface area contributed by atoms with Crippen LogP contribution in [0.2, 0.25) is 0 Å². The molecule has 0 aromatic heterocycles. The zero-order valence-electron chi connectivity index (χ0n) is 10.1. The van der Waals surface area contributed by atoms with Crippen molar-refractivity contribution in [3.63, 3.8) is 0 Å². The number of nitro benzene ring substituents is 1. The summed E-state index contributed by atoms with van der Waals surface area (Å²) < 4.78 is 11.5. The van der Waals surface area contributed by atoms with Crippen LogP contribution < -0.4 is 0 Å². The van der Waals surface area contributed by atoms with Gasteiger partial charge in [0.05, 0.1) is 4.92 Å². The maximum Gasteiger partial charge on any atom is 0.269 e. The average Bonchev–Trinajstić information content (AvgIpc) is 2.62. The Bertz CT molecular complexity index is 550. The molecule has 0 bridgehead atoms.